The molecule has 42 heavy (non-hydrogen) atoms. The van der Waals surface area contributed by atoms with E-state index in [1.807, 2.05) is 6.07 Å². The highest BCUT2D eigenvalue weighted by Gasteiger charge is 2.45. The molecule has 2 N–H and O–H groups in total. The SMILES string of the molecule is CCS(=O)(=O)N1CCN2c3ccc(cc3)-c3n[nH]c4cnc(cc34)-c3c(F)cccc3OCC3CCNCC2(CC3)C1. The number of nitrogens with zero attached hydrogens (tertiary/aromatic N) is 4. The molecule has 2 unspecified atom stereocenters. The minimum Gasteiger partial charge on any atom is -0.492 e. The van der Waals surface area contributed by atoms with Crippen LogP contribution in [0.5, 0.6) is 5.75 Å². The number of hydrogen-bond acceptors (Lipinski definition) is 7. The second-order valence-corrected chi connectivity index (χ2v) is 13.9. The number of ether oxygens (including phenoxy) is 1. The Balaban J connectivity index is 1.37. The van der Waals surface area contributed by atoms with E-state index in [-0.39, 0.29) is 17.5 Å². The van der Waals surface area contributed by atoms with Gasteiger partial charge < -0.3 is 15.0 Å². The number of hydrogen-bond donors (Lipinski definition) is 2. The zero-order valence-electron chi connectivity index (χ0n) is 23.6. The Kier molecular flexibility index (Phi) is 6.91. The molecular weight excluding hydrogens is 555 g/mol. The number of aromatic amines is 1. The number of benzene rings is 2. The predicted octanol–water partition coefficient (Wildman–Crippen LogP) is 4.42. The van der Waals surface area contributed by atoms with E-state index in [9.17, 15) is 8.42 Å². The van der Waals surface area contributed by atoms with E-state index in [4.69, 9.17) is 4.74 Å². The van der Waals surface area contributed by atoms with Crippen molar-refractivity contribution >= 4 is 26.6 Å². The number of anilines is 1. The molecule has 2 saturated heterocycles. The maximum absolute atomic E-state index is 15.4. The maximum atomic E-state index is 15.4. The van der Waals surface area contributed by atoms with Crippen molar-refractivity contribution in [3.63, 3.8) is 0 Å². The third-order valence-electron chi connectivity index (χ3n) is 9.18. The smallest absolute Gasteiger partial charge is 0.213 e. The Morgan fingerprint density at radius 2 is 2.00 bits per heavy atom. The lowest BCUT2D eigenvalue weighted by atomic mass is 9.83. The van der Waals surface area contributed by atoms with Crippen LogP contribution in [-0.4, -0.2) is 78.5 Å². The molecule has 11 heteroatoms. The fourth-order valence-electron chi connectivity index (χ4n) is 6.78. The van der Waals surface area contributed by atoms with Crippen LogP contribution in [0.2, 0.25) is 0 Å². The lowest BCUT2D eigenvalue weighted by Gasteiger charge is -2.53. The Hall–Kier alpha value is -3.54. The zero-order valence-corrected chi connectivity index (χ0v) is 24.5. The fourth-order valence-corrected chi connectivity index (χ4v) is 7.94. The van der Waals surface area contributed by atoms with Gasteiger partial charge in [-0.2, -0.15) is 9.40 Å². The minimum absolute atomic E-state index is 0.0887. The number of piperazine rings is 1. The second kappa shape index (κ2) is 10.6. The summed E-state index contributed by atoms with van der Waals surface area (Å²) in [7, 11) is -3.34. The van der Waals surface area contributed by atoms with Gasteiger partial charge in [-0.05, 0) is 69.0 Å². The summed E-state index contributed by atoms with van der Waals surface area (Å²) in [6, 6.07) is 15.1. The Morgan fingerprint density at radius 3 is 2.83 bits per heavy atom. The first-order chi connectivity index (χ1) is 20.4. The molecule has 8 rings (SSSR count). The third kappa shape index (κ3) is 4.73. The summed E-state index contributed by atoms with van der Waals surface area (Å²) in [6.07, 6.45) is 4.26. The van der Waals surface area contributed by atoms with Gasteiger partial charge in [0, 0.05) is 42.8 Å². The van der Waals surface area contributed by atoms with E-state index in [1.54, 1.807) is 29.6 Å². The third-order valence-corrected chi connectivity index (χ3v) is 11.0. The number of sulfonamides is 1. The standard InChI is InChI=1S/C31H35FN6O3S/c1-2-42(39,40)37-14-15-38-23-8-6-22(7-9-23)30-24-16-26(34-17-27(24)35-36-30)29-25(32)4-3-5-28(29)41-18-21-10-12-31(38,20-37)19-33-13-11-21/h3-9,16-17,21,33H,2,10-15,18-20H2,1H3,(H,35,36). The molecule has 2 atom stereocenters. The zero-order chi connectivity index (χ0) is 28.9. The van der Waals surface area contributed by atoms with Crippen molar-refractivity contribution < 1.29 is 17.5 Å². The van der Waals surface area contributed by atoms with E-state index in [0.29, 0.717) is 49.8 Å². The molecule has 4 aliphatic heterocycles. The van der Waals surface area contributed by atoms with Crippen molar-refractivity contribution in [3.05, 3.63) is 60.5 Å². The number of aromatic nitrogens is 3. The van der Waals surface area contributed by atoms with Crippen LogP contribution in [0, 0.1) is 11.7 Å². The number of halogens is 1. The van der Waals surface area contributed by atoms with Crippen LogP contribution in [0.1, 0.15) is 26.2 Å². The molecule has 0 radical (unpaired) electrons. The number of fused-ring (bicyclic) bond motifs is 3. The van der Waals surface area contributed by atoms with Crippen LogP contribution in [0.3, 0.4) is 0 Å². The summed E-state index contributed by atoms with van der Waals surface area (Å²) in [5.41, 5.74) is 3.91. The highest BCUT2D eigenvalue weighted by atomic mass is 32.2. The maximum Gasteiger partial charge on any atom is 0.213 e. The van der Waals surface area contributed by atoms with Crippen LogP contribution >= 0.6 is 0 Å². The topological polar surface area (TPSA) is 103 Å². The normalized spacial score (nSPS) is 23.2. The molecule has 2 aromatic carbocycles. The predicted molar refractivity (Wildman–Crippen MR) is 162 cm³/mol. The van der Waals surface area contributed by atoms with Gasteiger partial charge >= 0.3 is 0 Å². The first-order valence-corrected chi connectivity index (χ1v) is 16.3. The summed E-state index contributed by atoms with van der Waals surface area (Å²) < 4.78 is 49.5. The molecular formula is C31H35FN6O3S. The van der Waals surface area contributed by atoms with Crippen molar-refractivity contribution in [2.45, 2.75) is 31.7 Å². The summed E-state index contributed by atoms with van der Waals surface area (Å²) in [4.78, 5) is 6.97. The van der Waals surface area contributed by atoms with Gasteiger partial charge in [-0.25, -0.2) is 12.8 Å². The highest BCUT2D eigenvalue weighted by Crippen LogP contribution is 2.39. The molecule has 4 aromatic rings. The second-order valence-electron chi connectivity index (χ2n) is 11.6. The molecule has 2 aromatic heterocycles. The van der Waals surface area contributed by atoms with Gasteiger partial charge in [0.1, 0.15) is 17.3 Å². The van der Waals surface area contributed by atoms with Crippen LogP contribution in [0.25, 0.3) is 33.4 Å². The molecule has 0 saturated carbocycles. The van der Waals surface area contributed by atoms with E-state index < -0.39 is 15.6 Å². The van der Waals surface area contributed by atoms with Gasteiger partial charge in [0.25, 0.3) is 0 Å². The average molecular weight is 591 g/mol. The number of pyridine rings is 1. The molecule has 220 valence electrons. The summed E-state index contributed by atoms with van der Waals surface area (Å²) in [5.74, 6) is 0.370. The lowest BCUT2D eigenvalue weighted by molar-refractivity contribution is 0.167. The molecule has 6 heterocycles. The minimum atomic E-state index is -3.34. The van der Waals surface area contributed by atoms with Gasteiger partial charge in [0.05, 0.1) is 40.9 Å². The fraction of sp³-hybridized carbons (Fsp3) is 0.419. The number of nitrogens with one attached hydrogen (secondary N) is 2. The quantitative estimate of drug-likeness (QED) is 0.356. The first-order valence-electron chi connectivity index (χ1n) is 14.7. The van der Waals surface area contributed by atoms with Gasteiger partial charge in [-0.3, -0.25) is 10.1 Å². The highest BCUT2D eigenvalue weighted by molar-refractivity contribution is 7.89. The Bertz CT molecular complexity index is 1730. The van der Waals surface area contributed by atoms with Gasteiger partial charge in [0.2, 0.25) is 10.0 Å². The van der Waals surface area contributed by atoms with Crippen molar-refractivity contribution in [1.29, 1.82) is 0 Å². The first kappa shape index (κ1) is 27.3. The van der Waals surface area contributed by atoms with Crippen molar-refractivity contribution in [1.82, 2.24) is 24.8 Å². The molecule has 0 amide bonds. The van der Waals surface area contributed by atoms with Crippen LogP contribution < -0.4 is 15.0 Å². The molecule has 4 aliphatic rings. The average Bonchev–Trinajstić information content (AvgIpc) is 3.42. The van der Waals surface area contributed by atoms with Crippen LogP contribution in [0.4, 0.5) is 10.1 Å². The van der Waals surface area contributed by atoms with E-state index in [2.05, 4.69) is 49.7 Å². The Morgan fingerprint density at radius 1 is 1.14 bits per heavy atom. The van der Waals surface area contributed by atoms with E-state index in [0.717, 1.165) is 53.7 Å². The van der Waals surface area contributed by atoms with E-state index in [1.165, 1.54) is 6.07 Å². The monoisotopic (exact) mass is 590 g/mol. The summed E-state index contributed by atoms with van der Waals surface area (Å²) in [5, 5.41) is 12.1. The van der Waals surface area contributed by atoms with Crippen molar-refractivity contribution in [2.24, 2.45) is 5.92 Å². The molecule has 2 fully saturated rings. The largest absolute Gasteiger partial charge is 0.492 e. The van der Waals surface area contributed by atoms with Gasteiger partial charge in [0.15, 0.2) is 0 Å². The van der Waals surface area contributed by atoms with Crippen LogP contribution in [-0.2, 0) is 10.0 Å². The molecule has 9 nitrogen and oxygen atoms in total. The summed E-state index contributed by atoms with van der Waals surface area (Å²) >= 11 is 0. The molecule has 0 aliphatic carbocycles. The number of H-pyrrole nitrogens is 1. The van der Waals surface area contributed by atoms with Gasteiger partial charge in [-0.15, -0.1) is 0 Å². The van der Waals surface area contributed by atoms with Crippen LogP contribution in [0.15, 0.2) is 54.7 Å². The van der Waals surface area contributed by atoms with E-state index >= 15 is 4.39 Å². The molecule has 1 spiro atoms. The van der Waals surface area contributed by atoms with Gasteiger partial charge in [-0.1, -0.05) is 18.2 Å². The van der Waals surface area contributed by atoms with Crippen molar-refractivity contribution in [3.8, 4) is 28.3 Å². The molecule has 6 bridgehead atoms. The Labute approximate surface area is 245 Å². The summed E-state index contributed by atoms with van der Waals surface area (Å²) in [6.45, 7) is 5.10. The number of rotatable bonds is 2. The lowest BCUT2D eigenvalue weighted by Crippen LogP contribution is -2.67. The van der Waals surface area contributed by atoms with Crippen molar-refractivity contribution in [2.75, 3.05) is 50.0 Å².